The molecule has 9 nitrogen and oxygen atoms in total. The van der Waals surface area contributed by atoms with E-state index in [1.807, 2.05) is 0 Å². The van der Waals surface area contributed by atoms with E-state index in [1.165, 1.54) is 41.2 Å². The molecule has 3 rings (SSSR count). The Balaban J connectivity index is 2.37. The van der Waals surface area contributed by atoms with Crippen LogP contribution in [0, 0.1) is 6.92 Å². The largest absolute Gasteiger partial charge is 0.493 e. The van der Waals surface area contributed by atoms with Crippen LogP contribution < -0.4 is 29.1 Å². The summed E-state index contributed by atoms with van der Waals surface area (Å²) in [6, 6.07) is 6.42. The Morgan fingerprint density at radius 1 is 0.812 bits per heavy atom. The maximum absolute atomic E-state index is 13.4. The zero-order valence-electron chi connectivity index (χ0n) is 18.5. The number of rotatable bonds is 6. The number of hydrogen-bond donors (Lipinski definition) is 0. The highest BCUT2D eigenvalue weighted by atomic mass is 16.6. The van der Waals surface area contributed by atoms with Gasteiger partial charge in [0.05, 0.1) is 21.3 Å². The van der Waals surface area contributed by atoms with Gasteiger partial charge in [0.25, 0.3) is 0 Å². The monoisotopic (exact) mass is 442 g/mol. The van der Waals surface area contributed by atoms with Crippen molar-refractivity contribution in [2.75, 3.05) is 21.3 Å². The van der Waals surface area contributed by atoms with Gasteiger partial charge in [-0.15, -0.1) is 0 Å². The van der Waals surface area contributed by atoms with Crippen molar-refractivity contribution in [3.05, 3.63) is 40.1 Å². The highest BCUT2D eigenvalue weighted by molar-refractivity contribution is 5.93. The standard InChI is InChI=1S/C23H22O9/c1-11-7-8-14(9-15(11)30-12(2)24)20-23(29-6)19(26)18-16(32-20)10-17(27-4)21(22(18)28-5)31-13(3)25/h7-10H,1-6H3. The van der Waals surface area contributed by atoms with Gasteiger partial charge in [-0.2, -0.15) is 0 Å². The summed E-state index contributed by atoms with van der Waals surface area (Å²) in [4.78, 5) is 36.4. The second-order valence-corrected chi connectivity index (χ2v) is 6.78. The lowest BCUT2D eigenvalue weighted by Crippen LogP contribution is -2.11. The molecule has 0 aliphatic heterocycles. The molecule has 168 valence electrons. The SMILES string of the molecule is COc1cc2oc(-c3ccc(C)c(OC(C)=O)c3)c(OC)c(=O)c2c(OC)c1OC(C)=O. The van der Waals surface area contributed by atoms with Crippen molar-refractivity contribution in [2.45, 2.75) is 20.8 Å². The molecule has 0 aliphatic carbocycles. The fourth-order valence-electron chi connectivity index (χ4n) is 3.23. The number of carbonyl (C=O) groups is 2. The summed E-state index contributed by atoms with van der Waals surface area (Å²) in [7, 11) is 4.03. The number of ether oxygens (including phenoxy) is 5. The Morgan fingerprint density at radius 3 is 2.03 bits per heavy atom. The number of fused-ring (bicyclic) bond motifs is 1. The molecule has 2 aromatic carbocycles. The average molecular weight is 442 g/mol. The predicted molar refractivity (Wildman–Crippen MR) is 115 cm³/mol. The van der Waals surface area contributed by atoms with E-state index in [1.54, 1.807) is 25.1 Å². The van der Waals surface area contributed by atoms with Gasteiger partial charge in [-0.05, 0) is 18.6 Å². The van der Waals surface area contributed by atoms with E-state index in [2.05, 4.69) is 0 Å². The Bertz CT molecular complexity index is 1270. The van der Waals surface area contributed by atoms with Crippen LogP contribution in [0.3, 0.4) is 0 Å². The molecule has 0 amide bonds. The molecule has 1 heterocycles. The third kappa shape index (κ3) is 4.09. The second-order valence-electron chi connectivity index (χ2n) is 6.78. The molecule has 9 heteroatoms. The van der Waals surface area contributed by atoms with E-state index < -0.39 is 17.4 Å². The highest BCUT2D eigenvalue weighted by Crippen LogP contribution is 2.45. The molecule has 0 atom stereocenters. The van der Waals surface area contributed by atoms with Crippen molar-refractivity contribution in [3.8, 4) is 40.1 Å². The number of aryl methyl sites for hydroxylation is 1. The van der Waals surface area contributed by atoms with Crippen LogP contribution in [0.2, 0.25) is 0 Å². The molecule has 0 saturated carbocycles. The number of hydrogen-bond acceptors (Lipinski definition) is 9. The molecular formula is C23H22O9. The second kappa shape index (κ2) is 9.01. The molecule has 0 aliphatic rings. The van der Waals surface area contributed by atoms with Crippen molar-refractivity contribution in [1.82, 2.24) is 0 Å². The summed E-state index contributed by atoms with van der Waals surface area (Å²) >= 11 is 0. The van der Waals surface area contributed by atoms with Crippen molar-refractivity contribution in [1.29, 1.82) is 0 Å². The van der Waals surface area contributed by atoms with Gasteiger partial charge in [-0.25, -0.2) is 0 Å². The zero-order chi connectivity index (χ0) is 23.6. The number of benzene rings is 2. The lowest BCUT2D eigenvalue weighted by atomic mass is 10.1. The molecule has 0 saturated heterocycles. The van der Waals surface area contributed by atoms with Crippen LogP contribution in [0.25, 0.3) is 22.3 Å². The highest BCUT2D eigenvalue weighted by Gasteiger charge is 2.26. The van der Waals surface area contributed by atoms with Gasteiger partial charge < -0.3 is 28.1 Å². The van der Waals surface area contributed by atoms with Gasteiger partial charge in [-0.3, -0.25) is 14.4 Å². The molecule has 0 unspecified atom stereocenters. The van der Waals surface area contributed by atoms with Gasteiger partial charge in [0.15, 0.2) is 17.3 Å². The maximum Gasteiger partial charge on any atom is 0.308 e. The van der Waals surface area contributed by atoms with Gasteiger partial charge in [-0.1, -0.05) is 12.1 Å². The summed E-state index contributed by atoms with van der Waals surface area (Å²) in [5.74, 6) is -0.720. The molecular weight excluding hydrogens is 420 g/mol. The number of esters is 2. The average Bonchev–Trinajstić information content (AvgIpc) is 2.74. The van der Waals surface area contributed by atoms with Gasteiger partial charge >= 0.3 is 11.9 Å². The summed E-state index contributed by atoms with van der Waals surface area (Å²) in [6.45, 7) is 4.29. The quantitative estimate of drug-likeness (QED) is 0.417. The van der Waals surface area contributed by atoms with Crippen LogP contribution in [-0.2, 0) is 9.59 Å². The Hall–Kier alpha value is -4.01. The summed E-state index contributed by atoms with van der Waals surface area (Å²) < 4.78 is 32.5. The van der Waals surface area contributed by atoms with E-state index >= 15 is 0 Å². The predicted octanol–water partition coefficient (Wildman–Crippen LogP) is 3.64. The first-order chi connectivity index (χ1) is 15.2. The van der Waals surface area contributed by atoms with Gasteiger partial charge in [0.2, 0.25) is 16.9 Å². The molecule has 0 fully saturated rings. The lowest BCUT2D eigenvalue weighted by Gasteiger charge is -2.16. The topological polar surface area (TPSA) is 110 Å². The summed E-state index contributed by atoms with van der Waals surface area (Å²) in [5.41, 5.74) is 0.737. The first-order valence-electron chi connectivity index (χ1n) is 9.49. The Labute approximate surface area is 183 Å². The lowest BCUT2D eigenvalue weighted by molar-refractivity contribution is -0.132. The maximum atomic E-state index is 13.4. The van der Waals surface area contributed by atoms with E-state index in [4.69, 9.17) is 28.1 Å². The summed E-state index contributed by atoms with van der Waals surface area (Å²) in [5, 5.41) is 0.0115. The molecule has 0 radical (unpaired) electrons. The Morgan fingerprint density at radius 2 is 1.47 bits per heavy atom. The minimum absolute atomic E-state index is 0.0115. The first kappa shape index (κ1) is 22.7. The minimum atomic E-state index is -0.619. The van der Waals surface area contributed by atoms with E-state index in [9.17, 15) is 14.4 Å². The number of carbonyl (C=O) groups excluding carboxylic acids is 2. The zero-order valence-corrected chi connectivity index (χ0v) is 18.5. The van der Waals surface area contributed by atoms with Crippen LogP contribution in [0.5, 0.6) is 28.7 Å². The van der Waals surface area contributed by atoms with Crippen molar-refractivity contribution >= 4 is 22.9 Å². The molecule has 0 bridgehead atoms. The first-order valence-corrected chi connectivity index (χ1v) is 9.49. The van der Waals surface area contributed by atoms with Crippen LogP contribution in [-0.4, -0.2) is 33.3 Å². The fraction of sp³-hybridized carbons (Fsp3) is 0.261. The van der Waals surface area contributed by atoms with Crippen molar-refractivity contribution in [3.63, 3.8) is 0 Å². The van der Waals surface area contributed by atoms with E-state index in [0.29, 0.717) is 11.3 Å². The van der Waals surface area contributed by atoms with E-state index in [0.717, 1.165) is 5.56 Å². The minimum Gasteiger partial charge on any atom is -0.493 e. The number of methoxy groups -OCH3 is 3. The third-order valence-corrected chi connectivity index (χ3v) is 4.60. The van der Waals surface area contributed by atoms with Crippen LogP contribution in [0.4, 0.5) is 0 Å². The molecule has 32 heavy (non-hydrogen) atoms. The third-order valence-electron chi connectivity index (χ3n) is 4.60. The summed E-state index contributed by atoms with van der Waals surface area (Å²) in [6.07, 6.45) is 0. The van der Waals surface area contributed by atoms with Gasteiger partial charge in [0.1, 0.15) is 16.7 Å². The van der Waals surface area contributed by atoms with Crippen molar-refractivity contribution in [2.24, 2.45) is 0 Å². The smallest absolute Gasteiger partial charge is 0.308 e. The normalized spacial score (nSPS) is 10.6. The van der Waals surface area contributed by atoms with E-state index in [-0.39, 0.29) is 39.7 Å². The van der Waals surface area contributed by atoms with Crippen molar-refractivity contribution < 1.29 is 37.7 Å². The molecule has 0 spiro atoms. The van der Waals surface area contributed by atoms with Crippen LogP contribution in [0.1, 0.15) is 19.4 Å². The van der Waals surface area contributed by atoms with Gasteiger partial charge in [0, 0.05) is 25.5 Å². The molecule has 3 aromatic rings. The fourth-order valence-corrected chi connectivity index (χ4v) is 3.23. The van der Waals surface area contributed by atoms with Crippen LogP contribution in [0.15, 0.2) is 33.5 Å². The Kier molecular flexibility index (Phi) is 6.38. The molecule has 1 aromatic heterocycles. The molecule has 0 N–H and O–H groups in total. The van der Waals surface area contributed by atoms with Crippen LogP contribution >= 0.6 is 0 Å².